The number of nitrogens with zero attached hydrogens (tertiary/aromatic N) is 2. The van der Waals surface area contributed by atoms with Crippen LogP contribution in [0.15, 0.2) is 61.1 Å². The van der Waals surface area contributed by atoms with E-state index >= 15 is 0 Å². The molecule has 0 aliphatic carbocycles. The number of rotatable bonds is 6. The third kappa shape index (κ3) is 4.49. The van der Waals surface area contributed by atoms with Crippen molar-refractivity contribution < 1.29 is 14.3 Å². The quantitative estimate of drug-likeness (QED) is 0.665. The van der Waals surface area contributed by atoms with Crippen molar-refractivity contribution in [2.45, 2.75) is 6.61 Å². The van der Waals surface area contributed by atoms with Crippen LogP contribution in [0.2, 0.25) is 5.15 Å². The van der Waals surface area contributed by atoms with Crippen LogP contribution in [-0.2, 0) is 6.61 Å². The first-order valence-corrected chi connectivity index (χ1v) is 8.16. The fraction of sp³-hybridized carbons (Fsp3) is 0.105. The highest BCUT2D eigenvalue weighted by Crippen LogP contribution is 2.31. The largest absolute Gasteiger partial charge is 0.493 e. The molecule has 1 aromatic carbocycles. The molecule has 3 rings (SSSR count). The molecular formula is C19H16ClN3O3. The molecule has 132 valence electrons. The zero-order chi connectivity index (χ0) is 18.4. The molecule has 0 radical (unpaired) electrons. The predicted molar refractivity (Wildman–Crippen MR) is 98.8 cm³/mol. The smallest absolute Gasteiger partial charge is 0.255 e. The molecule has 0 fully saturated rings. The van der Waals surface area contributed by atoms with Gasteiger partial charge < -0.3 is 14.8 Å². The summed E-state index contributed by atoms with van der Waals surface area (Å²) in [6.07, 6.45) is 4.91. The molecule has 0 unspecified atom stereocenters. The summed E-state index contributed by atoms with van der Waals surface area (Å²) in [4.78, 5) is 20.2. The number of nitrogens with one attached hydrogen (secondary N) is 1. The standard InChI is InChI=1S/C19H16ClN3O3/c1-25-16-5-4-15(23-19(24)14-6-8-22-18(20)9-14)10-17(16)26-12-13-3-2-7-21-11-13/h2-11H,12H2,1H3,(H,23,24). The topological polar surface area (TPSA) is 73.3 Å². The van der Waals surface area contributed by atoms with Crippen molar-refractivity contribution in [3.63, 3.8) is 0 Å². The van der Waals surface area contributed by atoms with E-state index in [1.54, 1.807) is 43.8 Å². The first-order valence-electron chi connectivity index (χ1n) is 7.78. The Kier molecular flexibility index (Phi) is 5.66. The number of hydrogen-bond donors (Lipinski definition) is 1. The van der Waals surface area contributed by atoms with Gasteiger partial charge in [0.25, 0.3) is 5.91 Å². The van der Waals surface area contributed by atoms with Crippen molar-refractivity contribution in [3.05, 3.63) is 77.3 Å². The third-order valence-corrected chi connectivity index (χ3v) is 3.73. The lowest BCUT2D eigenvalue weighted by molar-refractivity contribution is 0.102. The van der Waals surface area contributed by atoms with Gasteiger partial charge in [0.2, 0.25) is 0 Å². The monoisotopic (exact) mass is 369 g/mol. The van der Waals surface area contributed by atoms with E-state index in [4.69, 9.17) is 21.1 Å². The van der Waals surface area contributed by atoms with Gasteiger partial charge >= 0.3 is 0 Å². The van der Waals surface area contributed by atoms with Gasteiger partial charge in [-0.3, -0.25) is 9.78 Å². The normalized spacial score (nSPS) is 10.2. The highest BCUT2D eigenvalue weighted by molar-refractivity contribution is 6.29. The Morgan fingerprint density at radius 3 is 2.77 bits per heavy atom. The maximum Gasteiger partial charge on any atom is 0.255 e. The summed E-state index contributed by atoms with van der Waals surface area (Å²) >= 11 is 5.82. The number of aromatic nitrogens is 2. The molecule has 0 aliphatic heterocycles. The summed E-state index contributed by atoms with van der Waals surface area (Å²) in [6.45, 7) is 0.335. The van der Waals surface area contributed by atoms with Crippen molar-refractivity contribution in [2.75, 3.05) is 12.4 Å². The Balaban J connectivity index is 1.75. The van der Waals surface area contributed by atoms with E-state index in [1.165, 1.54) is 12.3 Å². The molecule has 1 N–H and O–H groups in total. The second-order valence-corrected chi connectivity index (χ2v) is 5.72. The van der Waals surface area contributed by atoms with Gasteiger partial charge in [0.15, 0.2) is 11.5 Å². The molecule has 0 spiro atoms. The maximum absolute atomic E-state index is 12.3. The number of carbonyl (C=O) groups is 1. The number of benzene rings is 1. The molecule has 2 heterocycles. The molecule has 3 aromatic rings. The van der Waals surface area contributed by atoms with Gasteiger partial charge in [-0.25, -0.2) is 4.98 Å². The minimum Gasteiger partial charge on any atom is -0.493 e. The highest BCUT2D eigenvalue weighted by Gasteiger charge is 2.11. The van der Waals surface area contributed by atoms with Gasteiger partial charge in [0, 0.05) is 41.5 Å². The molecular weight excluding hydrogens is 354 g/mol. The van der Waals surface area contributed by atoms with E-state index in [-0.39, 0.29) is 11.1 Å². The van der Waals surface area contributed by atoms with Crippen LogP contribution < -0.4 is 14.8 Å². The first kappa shape index (κ1) is 17.7. The van der Waals surface area contributed by atoms with Crippen LogP contribution in [0.25, 0.3) is 0 Å². The average Bonchev–Trinajstić information content (AvgIpc) is 2.67. The molecule has 0 saturated carbocycles. The van der Waals surface area contributed by atoms with Gasteiger partial charge in [-0.2, -0.15) is 0 Å². The second kappa shape index (κ2) is 8.31. The Morgan fingerprint density at radius 1 is 1.15 bits per heavy atom. The number of anilines is 1. The van der Waals surface area contributed by atoms with Crippen LogP contribution in [0.3, 0.4) is 0 Å². The minimum atomic E-state index is -0.294. The highest BCUT2D eigenvalue weighted by atomic mass is 35.5. The third-order valence-electron chi connectivity index (χ3n) is 3.53. The van der Waals surface area contributed by atoms with Crippen molar-refractivity contribution in [3.8, 4) is 11.5 Å². The van der Waals surface area contributed by atoms with Crippen molar-refractivity contribution in [2.24, 2.45) is 0 Å². The summed E-state index contributed by atoms with van der Waals surface area (Å²) in [7, 11) is 1.56. The Labute approximate surface area is 155 Å². The summed E-state index contributed by atoms with van der Waals surface area (Å²) in [5, 5.41) is 3.06. The summed E-state index contributed by atoms with van der Waals surface area (Å²) in [6, 6.07) is 12.0. The molecule has 0 bridgehead atoms. The lowest BCUT2D eigenvalue weighted by Crippen LogP contribution is -2.12. The zero-order valence-corrected chi connectivity index (χ0v) is 14.7. The first-order chi connectivity index (χ1) is 12.7. The van der Waals surface area contributed by atoms with Crippen LogP contribution in [0.1, 0.15) is 15.9 Å². The number of ether oxygens (including phenoxy) is 2. The van der Waals surface area contributed by atoms with Crippen LogP contribution in [-0.4, -0.2) is 23.0 Å². The van der Waals surface area contributed by atoms with E-state index in [2.05, 4.69) is 15.3 Å². The van der Waals surface area contributed by atoms with Crippen LogP contribution >= 0.6 is 11.6 Å². The molecule has 26 heavy (non-hydrogen) atoms. The van der Waals surface area contributed by atoms with E-state index in [9.17, 15) is 4.79 Å². The fourth-order valence-corrected chi connectivity index (χ4v) is 2.43. The molecule has 6 nitrogen and oxygen atoms in total. The Hall–Kier alpha value is -3.12. The van der Waals surface area contributed by atoms with E-state index in [1.807, 2.05) is 12.1 Å². The van der Waals surface area contributed by atoms with Crippen molar-refractivity contribution in [1.82, 2.24) is 9.97 Å². The van der Waals surface area contributed by atoms with Crippen molar-refractivity contribution >= 4 is 23.2 Å². The van der Waals surface area contributed by atoms with Gasteiger partial charge in [-0.05, 0) is 30.3 Å². The average molecular weight is 370 g/mol. The summed E-state index contributed by atoms with van der Waals surface area (Å²) in [5.41, 5.74) is 1.92. The van der Waals surface area contributed by atoms with E-state index in [0.717, 1.165) is 5.56 Å². The van der Waals surface area contributed by atoms with Crippen LogP contribution in [0.4, 0.5) is 5.69 Å². The Bertz CT molecular complexity index is 904. The molecule has 2 aromatic heterocycles. The van der Waals surface area contributed by atoms with Gasteiger partial charge in [0.1, 0.15) is 11.8 Å². The number of hydrogen-bond acceptors (Lipinski definition) is 5. The Morgan fingerprint density at radius 2 is 2.04 bits per heavy atom. The SMILES string of the molecule is COc1ccc(NC(=O)c2ccnc(Cl)c2)cc1OCc1cccnc1. The number of halogens is 1. The van der Waals surface area contributed by atoms with Gasteiger partial charge in [-0.15, -0.1) is 0 Å². The lowest BCUT2D eigenvalue weighted by atomic mass is 10.2. The van der Waals surface area contributed by atoms with Gasteiger partial charge in [-0.1, -0.05) is 17.7 Å². The molecule has 0 atom stereocenters. The minimum absolute atomic E-state index is 0.257. The molecule has 7 heteroatoms. The second-order valence-electron chi connectivity index (χ2n) is 5.34. The number of amides is 1. The van der Waals surface area contributed by atoms with Crippen molar-refractivity contribution in [1.29, 1.82) is 0 Å². The number of methoxy groups -OCH3 is 1. The number of pyridine rings is 2. The van der Waals surface area contributed by atoms with E-state index < -0.39 is 0 Å². The summed E-state index contributed by atoms with van der Waals surface area (Å²) < 4.78 is 11.1. The molecule has 1 amide bonds. The molecule has 0 aliphatic rings. The predicted octanol–water partition coefficient (Wildman–Crippen LogP) is 3.97. The van der Waals surface area contributed by atoms with Crippen LogP contribution in [0, 0.1) is 0 Å². The summed E-state index contributed by atoms with van der Waals surface area (Å²) in [5.74, 6) is 0.790. The molecule has 0 saturated heterocycles. The zero-order valence-electron chi connectivity index (χ0n) is 14.0. The lowest BCUT2D eigenvalue weighted by Gasteiger charge is -2.13. The van der Waals surface area contributed by atoms with Crippen LogP contribution in [0.5, 0.6) is 11.5 Å². The van der Waals surface area contributed by atoms with Gasteiger partial charge in [0.05, 0.1) is 7.11 Å². The fourth-order valence-electron chi connectivity index (χ4n) is 2.26. The van der Waals surface area contributed by atoms with E-state index in [0.29, 0.717) is 29.4 Å². The maximum atomic E-state index is 12.3. The number of carbonyl (C=O) groups excluding carboxylic acids is 1.